The molecule has 9 nitrogen and oxygen atoms in total. The Balaban J connectivity index is 1.51. The first-order valence-electron chi connectivity index (χ1n) is 19.2. The fourth-order valence-corrected chi connectivity index (χ4v) is 9.10. The molecule has 55 heavy (non-hydrogen) atoms. The second-order valence-electron chi connectivity index (χ2n) is 18.9. The number of aromatic nitrogens is 4. The molecule has 5 rings (SSSR count). The molecular weight excluding hydrogens is 753 g/mol. The highest BCUT2D eigenvalue weighted by atomic mass is 32.2. The van der Waals surface area contributed by atoms with Gasteiger partial charge in [-0.2, -0.15) is 5.10 Å². The Labute approximate surface area is 331 Å². The number of rotatable bonds is 14. The summed E-state index contributed by atoms with van der Waals surface area (Å²) in [5.41, 5.74) is 3.45. The monoisotopic (exact) mass is 813 g/mol. The van der Waals surface area contributed by atoms with Gasteiger partial charge in [0.25, 0.3) is 6.43 Å². The normalized spacial score (nSPS) is 18.4. The van der Waals surface area contributed by atoms with E-state index in [-0.39, 0.29) is 33.9 Å². The van der Waals surface area contributed by atoms with Gasteiger partial charge in [0.05, 0.1) is 46.8 Å². The molecule has 1 saturated carbocycles. The van der Waals surface area contributed by atoms with Crippen molar-refractivity contribution in [1.82, 2.24) is 24.5 Å². The van der Waals surface area contributed by atoms with Crippen LogP contribution in [0.5, 0.6) is 5.75 Å². The molecule has 0 saturated heterocycles. The molecule has 0 radical (unpaired) electrons. The van der Waals surface area contributed by atoms with E-state index in [1.807, 2.05) is 63.2 Å². The van der Waals surface area contributed by atoms with E-state index in [1.54, 1.807) is 16.9 Å². The molecule has 14 heteroatoms. The number of benzene rings is 1. The first kappa shape index (κ1) is 43.4. The van der Waals surface area contributed by atoms with Crippen LogP contribution in [0.2, 0.25) is 36.3 Å². The lowest BCUT2D eigenvalue weighted by Crippen LogP contribution is -2.51. The molecule has 0 bridgehead atoms. The second-order valence-corrected chi connectivity index (χ2v) is 30.4. The highest BCUT2D eigenvalue weighted by Crippen LogP contribution is 2.46. The van der Waals surface area contributed by atoms with E-state index in [0.29, 0.717) is 34.6 Å². The van der Waals surface area contributed by atoms with Crippen LogP contribution in [0.15, 0.2) is 54.7 Å². The Bertz CT molecular complexity index is 1930. The van der Waals surface area contributed by atoms with Gasteiger partial charge in [0.2, 0.25) is 0 Å². The first-order chi connectivity index (χ1) is 25.4. The van der Waals surface area contributed by atoms with Crippen LogP contribution in [-0.4, -0.2) is 64.8 Å². The van der Waals surface area contributed by atoms with Crippen LogP contribution >= 0.6 is 0 Å². The van der Waals surface area contributed by atoms with E-state index in [1.165, 1.54) is 0 Å². The molecule has 1 unspecified atom stereocenters. The van der Waals surface area contributed by atoms with Gasteiger partial charge in [0, 0.05) is 23.0 Å². The lowest BCUT2D eigenvalue weighted by Gasteiger charge is -2.46. The SMILES string of the molecule is CC(C)(C)[S+]([O-])N[C@H](c1cccc(-c2cc(OCC(F)F)c3cnn(-c4cccc(CO[Si](C)(C)C(C)(C)C)n4)c3c2)n1)C1CC(O[Si](C)(C)C(C)(C)C)C1. The Hall–Kier alpha value is -2.73. The van der Waals surface area contributed by atoms with Crippen molar-refractivity contribution in [3.8, 4) is 22.8 Å². The summed E-state index contributed by atoms with van der Waals surface area (Å²) in [6.07, 6.45) is 0.772. The lowest BCUT2D eigenvalue weighted by molar-refractivity contribution is 0.0365. The largest absolute Gasteiger partial charge is 0.598 e. The zero-order chi connectivity index (χ0) is 40.7. The predicted octanol–water partition coefficient (Wildman–Crippen LogP) is 10.5. The summed E-state index contributed by atoms with van der Waals surface area (Å²) in [6.45, 7) is 27.8. The predicted molar refractivity (Wildman–Crippen MR) is 224 cm³/mol. The van der Waals surface area contributed by atoms with E-state index < -0.39 is 45.8 Å². The zero-order valence-electron chi connectivity index (χ0n) is 34.9. The minimum atomic E-state index is -2.66. The Morgan fingerprint density at radius 2 is 1.56 bits per heavy atom. The molecule has 2 atom stereocenters. The summed E-state index contributed by atoms with van der Waals surface area (Å²) in [6, 6.07) is 14.9. The first-order valence-corrected chi connectivity index (χ1v) is 26.2. The van der Waals surface area contributed by atoms with E-state index in [0.717, 1.165) is 24.2 Å². The van der Waals surface area contributed by atoms with Gasteiger partial charge in [0.15, 0.2) is 22.5 Å². The van der Waals surface area contributed by atoms with Gasteiger partial charge >= 0.3 is 0 Å². The molecule has 1 N–H and O–H groups in total. The summed E-state index contributed by atoms with van der Waals surface area (Å²) in [7, 11) is -3.97. The fourth-order valence-electron chi connectivity index (χ4n) is 5.88. The van der Waals surface area contributed by atoms with E-state index in [2.05, 4.69) is 77.6 Å². The smallest absolute Gasteiger partial charge is 0.272 e. The topological polar surface area (TPSA) is 106 Å². The number of ether oxygens (including phenoxy) is 1. The molecule has 0 spiro atoms. The summed E-state index contributed by atoms with van der Waals surface area (Å²) < 4.78 is 64.1. The van der Waals surface area contributed by atoms with Gasteiger partial charge in [-0.05, 0) is 112 Å². The molecule has 302 valence electrons. The van der Waals surface area contributed by atoms with Crippen LogP contribution in [0.3, 0.4) is 0 Å². The number of alkyl halides is 2. The second kappa shape index (κ2) is 16.3. The minimum Gasteiger partial charge on any atom is -0.598 e. The van der Waals surface area contributed by atoms with Gasteiger partial charge in [-0.1, -0.05) is 53.7 Å². The Kier molecular flexibility index (Phi) is 12.8. The summed E-state index contributed by atoms with van der Waals surface area (Å²) in [4.78, 5) is 10.0. The third-order valence-electron chi connectivity index (χ3n) is 11.5. The van der Waals surface area contributed by atoms with Crippen LogP contribution in [0.4, 0.5) is 8.78 Å². The van der Waals surface area contributed by atoms with Crippen LogP contribution in [0.25, 0.3) is 28.0 Å². The molecule has 3 heterocycles. The van der Waals surface area contributed by atoms with E-state index in [4.69, 9.17) is 23.6 Å². The number of halogens is 2. The zero-order valence-corrected chi connectivity index (χ0v) is 37.7. The van der Waals surface area contributed by atoms with Gasteiger partial charge < -0.3 is 18.1 Å². The van der Waals surface area contributed by atoms with Crippen LogP contribution in [-0.2, 0) is 26.8 Å². The molecule has 1 aromatic carbocycles. The van der Waals surface area contributed by atoms with Crippen molar-refractivity contribution in [2.24, 2.45) is 5.92 Å². The minimum absolute atomic E-state index is 0.0539. The molecule has 0 aliphatic heterocycles. The number of hydrogen-bond donors (Lipinski definition) is 1. The van der Waals surface area contributed by atoms with Gasteiger partial charge in [-0.25, -0.2) is 18.4 Å². The Morgan fingerprint density at radius 3 is 2.18 bits per heavy atom. The van der Waals surface area contributed by atoms with Gasteiger partial charge in [0.1, 0.15) is 17.1 Å². The van der Waals surface area contributed by atoms with Crippen LogP contribution in [0, 0.1) is 5.92 Å². The van der Waals surface area contributed by atoms with Gasteiger partial charge in [-0.15, -0.1) is 4.72 Å². The molecule has 1 fully saturated rings. The van der Waals surface area contributed by atoms with E-state index >= 15 is 0 Å². The van der Waals surface area contributed by atoms with Crippen LogP contribution in [0.1, 0.15) is 92.6 Å². The fraction of sp³-hybridized carbons (Fsp3) is 0.585. The van der Waals surface area contributed by atoms with Crippen molar-refractivity contribution < 1.29 is 26.9 Å². The van der Waals surface area contributed by atoms with Crippen molar-refractivity contribution in [2.75, 3.05) is 6.61 Å². The highest BCUT2D eigenvalue weighted by molar-refractivity contribution is 7.90. The molecule has 0 amide bonds. The summed E-state index contributed by atoms with van der Waals surface area (Å²) >= 11 is -1.35. The maximum absolute atomic E-state index is 13.6. The number of nitrogens with one attached hydrogen (secondary N) is 1. The van der Waals surface area contributed by atoms with Gasteiger partial charge in [-0.3, -0.25) is 4.98 Å². The molecule has 3 aromatic heterocycles. The van der Waals surface area contributed by atoms with Crippen molar-refractivity contribution in [1.29, 1.82) is 0 Å². The molecule has 1 aliphatic carbocycles. The van der Waals surface area contributed by atoms with E-state index in [9.17, 15) is 13.3 Å². The lowest BCUT2D eigenvalue weighted by atomic mass is 9.76. The van der Waals surface area contributed by atoms with Crippen molar-refractivity contribution in [3.05, 3.63) is 66.1 Å². The van der Waals surface area contributed by atoms with Crippen molar-refractivity contribution >= 4 is 38.9 Å². The molecular formula is C41H61F2N5O4SSi2. The Morgan fingerprint density at radius 1 is 0.909 bits per heavy atom. The quantitative estimate of drug-likeness (QED) is 0.0991. The number of fused-ring (bicyclic) bond motifs is 1. The number of pyridine rings is 2. The highest BCUT2D eigenvalue weighted by Gasteiger charge is 2.46. The summed E-state index contributed by atoms with van der Waals surface area (Å²) in [5.74, 6) is 1.01. The third kappa shape index (κ3) is 10.2. The maximum Gasteiger partial charge on any atom is 0.272 e. The average Bonchev–Trinajstić information content (AvgIpc) is 3.50. The third-order valence-corrected chi connectivity index (χ3v) is 22.1. The van der Waals surface area contributed by atoms with Crippen LogP contribution < -0.4 is 9.46 Å². The number of hydrogen-bond acceptors (Lipinski definition) is 8. The molecule has 4 aromatic rings. The van der Waals surface area contributed by atoms with Crippen molar-refractivity contribution in [3.63, 3.8) is 0 Å². The maximum atomic E-state index is 13.6. The molecule has 1 aliphatic rings. The standard InChI is InChI=1S/C41H61F2N5O4SSi2/c1-39(2,3)53(49)47-38(28-20-30(21-28)52-55(12,13)41(7,8)9)33-18-15-17-32(46-33)27-22-34-31(35(23-27)50-26-36(42)43)24-44-48(34)37-19-14-16-29(45-37)25-51-54(10,11)40(4,5)6/h14-19,22-24,28,30,36,38,47H,20-21,25-26H2,1-13H3/t28?,30?,38-,53?/m0/s1. The van der Waals surface area contributed by atoms with Crippen molar-refractivity contribution in [2.45, 2.75) is 141 Å². The number of nitrogens with zero attached hydrogens (tertiary/aromatic N) is 4. The average molecular weight is 814 g/mol. The summed E-state index contributed by atoms with van der Waals surface area (Å²) in [5, 5.41) is 5.38.